The number of carbonyl (C=O) groups is 1. The van der Waals surface area contributed by atoms with Crippen molar-refractivity contribution < 1.29 is 60.8 Å². The monoisotopic (exact) mass is 975 g/mol. The third-order valence-corrected chi connectivity index (χ3v) is 13.6. The normalized spacial score (nSPS) is 12.9. The molecule has 305 valence electrons. The van der Waals surface area contributed by atoms with Crippen molar-refractivity contribution in [1.29, 1.82) is 0 Å². The number of halogens is 6. The summed E-state index contributed by atoms with van der Waals surface area (Å²) in [5.41, 5.74) is -0.379. The molecule has 0 atom stereocenters. The van der Waals surface area contributed by atoms with Gasteiger partial charge in [0.05, 0.1) is 22.3 Å². The third-order valence-electron chi connectivity index (χ3n) is 10.3. The van der Waals surface area contributed by atoms with E-state index in [-0.39, 0.29) is 70.9 Å². The minimum atomic E-state index is -4.76. The van der Waals surface area contributed by atoms with Crippen molar-refractivity contribution in [2.75, 3.05) is 0 Å². The van der Waals surface area contributed by atoms with Gasteiger partial charge in [0, 0.05) is 55.3 Å². The van der Waals surface area contributed by atoms with E-state index >= 15 is 0 Å². The molecule has 2 heterocycles. The topological polar surface area (TPSA) is 63.3 Å². The summed E-state index contributed by atoms with van der Waals surface area (Å²) in [4.78, 5) is 16.2. The SMILES string of the molecule is CC(C)(C)c1cc(-c2nccc3c(C(F)(F)F)c([Si](C)(C)c4ccc(C(F)(F)F)cc4)oc23)[c-]c2ccccc12.CCC(CC)C(=O)/C=C(\O)C(CC)CC.[Ir]. The molecule has 3 aromatic carbocycles. The number of aliphatic hydroxyl groups excluding tert-OH is 1. The fourth-order valence-electron chi connectivity index (χ4n) is 6.90. The van der Waals surface area contributed by atoms with Crippen molar-refractivity contribution >= 4 is 46.2 Å². The van der Waals surface area contributed by atoms with E-state index in [2.05, 4.69) is 31.8 Å². The molecule has 0 saturated carbocycles. The summed E-state index contributed by atoms with van der Waals surface area (Å²) >= 11 is 0. The number of aliphatic hydroxyl groups is 1. The zero-order valence-corrected chi connectivity index (χ0v) is 36.6. The first kappa shape index (κ1) is 46.6. The molecule has 0 aliphatic carbocycles. The van der Waals surface area contributed by atoms with Crippen molar-refractivity contribution in [3.63, 3.8) is 0 Å². The molecule has 0 amide bonds. The minimum absolute atomic E-state index is 0. The summed E-state index contributed by atoms with van der Waals surface area (Å²) in [7, 11) is -3.28. The van der Waals surface area contributed by atoms with Gasteiger partial charge in [-0.1, -0.05) is 120 Å². The van der Waals surface area contributed by atoms with Gasteiger partial charge in [-0.05, 0) is 37.2 Å². The van der Waals surface area contributed by atoms with E-state index in [1.807, 2.05) is 58.0 Å². The summed E-state index contributed by atoms with van der Waals surface area (Å²) in [5.74, 6) is 0.547. The predicted molar refractivity (Wildman–Crippen MR) is 212 cm³/mol. The number of alkyl halides is 6. The smallest absolute Gasteiger partial charge is 0.419 e. The molecule has 2 aromatic heterocycles. The Morgan fingerprint density at radius 1 is 0.839 bits per heavy atom. The molecule has 0 aliphatic rings. The van der Waals surface area contributed by atoms with Crippen LogP contribution in [0.25, 0.3) is 33.0 Å². The molecule has 4 nitrogen and oxygen atoms in total. The van der Waals surface area contributed by atoms with Gasteiger partial charge in [0.2, 0.25) is 0 Å². The van der Waals surface area contributed by atoms with Crippen LogP contribution in [-0.4, -0.2) is 23.9 Å². The van der Waals surface area contributed by atoms with E-state index in [0.29, 0.717) is 10.8 Å². The largest absolute Gasteiger partial charge is 0.512 e. The predicted octanol–water partition coefficient (Wildman–Crippen LogP) is 12.5. The second-order valence-electron chi connectivity index (χ2n) is 15.4. The molecular formula is C44H50F6IrNO3Si-. The molecular weight excluding hydrogens is 925 g/mol. The maximum absolute atomic E-state index is 14.6. The molecule has 0 aliphatic heterocycles. The number of furan rings is 1. The average Bonchev–Trinajstić information content (AvgIpc) is 3.54. The number of fused-ring (bicyclic) bond motifs is 2. The Morgan fingerprint density at radius 2 is 1.41 bits per heavy atom. The number of benzene rings is 3. The van der Waals surface area contributed by atoms with E-state index in [1.54, 1.807) is 13.1 Å². The number of rotatable bonds is 10. The van der Waals surface area contributed by atoms with Crippen LogP contribution in [0.5, 0.6) is 0 Å². The van der Waals surface area contributed by atoms with Crippen LogP contribution in [0.4, 0.5) is 26.3 Å². The van der Waals surface area contributed by atoms with Crippen molar-refractivity contribution in [2.24, 2.45) is 11.8 Å². The first-order valence-electron chi connectivity index (χ1n) is 18.7. The molecule has 5 rings (SSSR count). The Balaban J connectivity index is 0.000000448. The van der Waals surface area contributed by atoms with Crippen molar-refractivity contribution in [3.8, 4) is 11.3 Å². The minimum Gasteiger partial charge on any atom is -0.512 e. The third kappa shape index (κ3) is 10.2. The molecule has 0 unspecified atom stereocenters. The van der Waals surface area contributed by atoms with E-state index < -0.39 is 31.6 Å². The van der Waals surface area contributed by atoms with Crippen molar-refractivity contribution in [1.82, 2.24) is 4.98 Å². The Kier molecular flexibility index (Phi) is 15.2. The van der Waals surface area contributed by atoms with Crippen LogP contribution in [-0.2, 0) is 42.7 Å². The fourth-order valence-corrected chi connectivity index (χ4v) is 9.42. The molecule has 1 radical (unpaired) electrons. The first-order valence-corrected chi connectivity index (χ1v) is 21.7. The van der Waals surface area contributed by atoms with Crippen LogP contribution in [0.15, 0.2) is 83.1 Å². The number of hydrogen-bond acceptors (Lipinski definition) is 4. The molecule has 0 saturated heterocycles. The maximum atomic E-state index is 14.6. The second-order valence-corrected chi connectivity index (χ2v) is 19.7. The molecule has 5 aromatic rings. The summed E-state index contributed by atoms with van der Waals surface area (Å²) in [6.45, 7) is 17.5. The molecule has 0 bridgehead atoms. The van der Waals surface area contributed by atoms with Gasteiger partial charge in [-0.2, -0.15) is 26.3 Å². The van der Waals surface area contributed by atoms with Crippen LogP contribution in [0.2, 0.25) is 13.1 Å². The maximum Gasteiger partial charge on any atom is 0.419 e. The summed E-state index contributed by atoms with van der Waals surface area (Å²) in [5, 5.41) is 11.5. The number of nitrogens with zero attached hydrogens (tertiary/aromatic N) is 1. The van der Waals surface area contributed by atoms with Gasteiger partial charge in [-0.15, -0.1) is 29.1 Å². The van der Waals surface area contributed by atoms with E-state index in [0.717, 1.165) is 54.2 Å². The molecule has 1 N–H and O–H groups in total. The van der Waals surface area contributed by atoms with Crippen LogP contribution in [0, 0.1) is 17.9 Å². The van der Waals surface area contributed by atoms with Gasteiger partial charge < -0.3 is 9.52 Å². The van der Waals surface area contributed by atoms with Gasteiger partial charge in [-0.3, -0.25) is 9.78 Å². The molecule has 12 heteroatoms. The van der Waals surface area contributed by atoms with Crippen LogP contribution < -0.4 is 10.6 Å². The van der Waals surface area contributed by atoms with Crippen molar-refractivity contribution in [2.45, 2.75) is 105 Å². The van der Waals surface area contributed by atoms with Gasteiger partial charge in [-0.25, -0.2) is 0 Å². The zero-order chi connectivity index (χ0) is 41.1. The average molecular weight is 975 g/mol. The summed E-state index contributed by atoms with van der Waals surface area (Å²) in [6, 6.07) is 18.4. The number of aromatic nitrogens is 1. The Bertz CT molecular complexity index is 2140. The molecule has 0 spiro atoms. The Hall–Kier alpha value is -3.73. The zero-order valence-electron chi connectivity index (χ0n) is 33.2. The van der Waals surface area contributed by atoms with Gasteiger partial charge in [0.15, 0.2) is 13.9 Å². The Morgan fingerprint density at radius 3 is 1.93 bits per heavy atom. The number of carbonyl (C=O) groups excluding carboxylic acids is 1. The fraction of sp³-hybridized carbons (Fsp3) is 0.409. The van der Waals surface area contributed by atoms with E-state index in [1.165, 1.54) is 30.5 Å². The standard InChI is InChI=1S/C31H26F6NOSi.C13H24O2.Ir/c1-29(2,3)24-17-19(16-18-8-6-7-9-22(18)24)26-27-23(14-15-38-26)25(31(35,36)37)28(39-27)40(4,5)21-12-10-20(11-13-21)30(32,33)34;1-5-10(6-2)12(14)9-13(15)11(7-3)8-4;/h6-15,17H,1-5H3;9-11,14H,5-8H2,1-4H3;/q-1;;/b;12-9-;. The van der Waals surface area contributed by atoms with Gasteiger partial charge in [0.1, 0.15) is 5.58 Å². The first-order chi connectivity index (χ1) is 25.6. The van der Waals surface area contributed by atoms with E-state index in [4.69, 9.17) is 4.42 Å². The summed E-state index contributed by atoms with van der Waals surface area (Å²) in [6.07, 6.45) is -3.09. The number of allylic oxidation sites excluding steroid dienone is 2. The molecule has 56 heavy (non-hydrogen) atoms. The number of ketones is 1. The number of hydrogen-bond donors (Lipinski definition) is 1. The van der Waals surface area contributed by atoms with Crippen LogP contribution in [0.3, 0.4) is 0 Å². The van der Waals surface area contributed by atoms with Gasteiger partial charge in [0.25, 0.3) is 0 Å². The van der Waals surface area contributed by atoms with Crippen LogP contribution >= 0.6 is 0 Å². The molecule has 0 fully saturated rings. The quantitative estimate of drug-likeness (QED) is 0.0498. The second kappa shape index (κ2) is 18.2. The van der Waals surface area contributed by atoms with E-state index in [9.17, 15) is 36.2 Å². The summed E-state index contributed by atoms with van der Waals surface area (Å²) < 4.78 is 89.4. The van der Waals surface area contributed by atoms with Crippen LogP contribution in [0.1, 0.15) is 90.8 Å². The van der Waals surface area contributed by atoms with Crippen molar-refractivity contribution in [3.05, 3.63) is 101 Å². The van der Waals surface area contributed by atoms with Gasteiger partial charge >= 0.3 is 12.4 Å². The number of pyridine rings is 1. The Labute approximate surface area is 340 Å².